The van der Waals surface area contributed by atoms with Gasteiger partial charge in [-0.05, 0) is 37.6 Å². The molecule has 0 spiro atoms. The first-order valence-corrected chi connectivity index (χ1v) is 10.5. The van der Waals surface area contributed by atoms with Crippen molar-refractivity contribution in [3.63, 3.8) is 0 Å². The summed E-state index contributed by atoms with van der Waals surface area (Å²) in [6.07, 6.45) is 0.471. The van der Waals surface area contributed by atoms with Crippen LogP contribution in [0.3, 0.4) is 0 Å². The first kappa shape index (κ1) is 24.1. The Morgan fingerprint density at radius 1 is 1.21 bits per heavy atom. The predicted octanol–water partition coefficient (Wildman–Crippen LogP) is 3.06. The van der Waals surface area contributed by atoms with Gasteiger partial charge in [-0.15, -0.1) is 0 Å². The fourth-order valence-electron chi connectivity index (χ4n) is 3.92. The van der Waals surface area contributed by atoms with Gasteiger partial charge in [0.25, 0.3) is 5.91 Å². The number of benzene rings is 2. The number of piperazine rings is 1. The number of nitrogens with zero attached hydrogens (tertiary/aromatic N) is 3. The molecular weight excluding hydrogens is 433 g/mol. The van der Waals surface area contributed by atoms with Gasteiger partial charge in [-0.25, -0.2) is 4.39 Å². The molecule has 1 amide bonds. The van der Waals surface area contributed by atoms with Gasteiger partial charge in [0.2, 0.25) is 5.75 Å². The van der Waals surface area contributed by atoms with Gasteiger partial charge in [-0.3, -0.25) is 24.6 Å². The van der Waals surface area contributed by atoms with Crippen molar-refractivity contribution in [2.24, 2.45) is 0 Å². The lowest BCUT2D eigenvalue weighted by atomic mass is 10.1. The van der Waals surface area contributed by atoms with E-state index < -0.39 is 17.2 Å². The van der Waals surface area contributed by atoms with E-state index >= 15 is 0 Å². The molecule has 2 aromatic carbocycles. The molecule has 1 aliphatic rings. The third-order valence-electron chi connectivity index (χ3n) is 5.68. The minimum absolute atomic E-state index is 0.00429. The average molecular weight is 459 g/mol. The fourth-order valence-corrected chi connectivity index (χ4v) is 3.92. The molecule has 0 aromatic heterocycles. The number of nitro benzene ring substituents is 1. The minimum atomic E-state index is -0.686. The number of ether oxygens (including phenoxy) is 2. The number of carbonyl (C=O) groups is 2. The third kappa shape index (κ3) is 5.64. The van der Waals surface area contributed by atoms with Crippen molar-refractivity contribution in [2.45, 2.75) is 32.5 Å². The molecule has 2 atom stereocenters. The summed E-state index contributed by atoms with van der Waals surface area (Å²) in [6, 6.07) is 8.67. The highest BCUT2D eigenvalue weighted by Gasteiger charge is 2.33. The Morgan fingerprint density at radius 3 is 2.52 bits per heavy atom. The van der Waals surface area contributed by atoms with Crippen LogP contribution < -0.4 is 9.47 Å². The number of amides is 1. The Balaban J connectivity index is 1.67. The van der Waals surface area contributed by atoms with Gasteiger partial charge in [-0.2, -0.15) is 0 Å². The SMILES string of the molecule is COc1cc(C=O)cc([N+](=O)[O-])c1OCC(=O)N1C[C@H](C)N(Cc2ccc(F)cc2)C[C@H]1C. The number of rotatable bonds is 8. The van der Waals surface area contributed by atoms with E-state index in [-0.39, 0.29) is 40.9 Å². The summed E-state index contributed by atoms with van der Waals surface area (Å²) in [5.74, 6) is -0.790. The zero-order chi connectivity index (χ0) is 24.1. The number of carbonyl (C=O) groups excluding carboxylic acids is 2. The molecule has 0 N–H and O–H groups in total. The minimum Gasteiger partial charge on any atom is -0.493 e. The van der Waals surface area contributed by atoms with Crippen LogP contribution in [0.4, 0.5) is 10.1 Å². The van der Waals surface area contributed by atoms with E-state index in [1.54, 1.807) is 17.0 Å². The Labute approximate surface area is 190 Å². The maximum Gasteiger partial charge on any atom is 0.315 e. The Morgan fingerprint density at radius 2 is 1.91 bits per heavy atom. The molecule has 3 rings (SSSR count). The molecule has 0 saturated carbocycles. The van der Waals surface area contributed by atoms with Gasteiger partial charge in [0.05, 0.1) is 12.0 Å². The second-order valence-corrected chi connectivity index (χ2v) is 8.04. The van der Waals surface area contributed by atoms with Crippen LogP contribution in [0.1, 0.15) is 29.8 Å². The van der Waals surface area contributed by atoms with E-state index in [4.69, 9.17) is 9.47 Å². The quantitative estimate of drug-likeness (QED) is 0.340. The van der Waals surface area contributed by atoms with Gasteiger partial charge in [-0.1, -0.05) is 12.1 Å². The summed E-state index contributed by atoms with van der Waals surface area (Å²) in [5, 5.41) is 11.4. The third-order valence-corrected chi connectivity index (χ3v) is 5.68. The monoisotopic (exact) mass is 459 g/mol. The standard InChI is InChI=1S/C23H26FN3O6/c1-15-11-26(16(2)10-25(15)12-17-4-6-19(24)7-5-17)22(29)14-33-23-20(27(30)31)8-18(13-28)9-21(23)32-3/h4-9,13,15-16H,10-12,14H2,1-3H3/t15-,16+/m0/s1. The van der Waals surface area contributed by atoms with Gasteiger partial charge < -0.3 is 14.4 Å². The molecule has 0 unspecified atom stereocenters. The Bertz CT molecular complexity index is 1030. The molecule has 33 heavy (non-hydrogen) atoms. The smallest absolute Gasteiger partial charge is 0.315 e. The van der Waals surface area contributed by atoms with Crippen molar-refractivity contribution in [1.82, 2.24) is 9.80 Å². The van der Waals surface area contributed by atoms with E-state index in [1.165, 1.54) is 25.3 Å². The lowest BCUT2D eigenvalue weighted by Crippen LogP contribution is -2.58. The number of hydrogen-bond acceptors (Lipinski definition) is 7. The molecule has 176 valence electrons. The van der Waals surface area contributed by atoms with Crippen LogP contribution in [0.15, 0.2) is 36.4 Å². The molecule has 0 bridgehead atoms. The van der Waals surface area contributed by atoms with Crippen LogP contribution in [-0.2, 0) is 11.3 Å². The second kappa shape index (κ2) is 10.4. The van der Waals surface area contributed by atoms with E-state index in [1.807, 2.05) is 13.8 Å². The van der Waals surface area contributed by atoms with Crippen LogP contribution in [0.5, 0.6) is 11.5 Å². The summed E-state index contributed by atoms with van der Waals surface area (Å²) in [6.45, 7) is 5.21. The van der Waals surface area contributed by atoms with Crippen LogP contribution in [0.25, 0.3) is 0 Å². The van der Waals surface area contributed by atoms with Crippen molar-refractivity contribution >= 4 is 17.9 Å². The van der Waals surface area contributed by atoms with Crippen molar-refractivity contribution in [3.05, 3.63) is 63.5 Å². The second-order valence-electron chi connectivity index (χ2n) is 8.04. The van der Waals surface area contributed by atoms with Crippen molar-refractivity contribution in [3.8, 4) is 11.5 Å². The van der Waals surface area contributed by atoms with Gasteiger partial charge in [0.1, 0.15) is 12.1 Å². The lowest BCUT2D eigenvalue weighted by molar-refractivity contribution is -0.385. The molecule has 1 heterocycles. The van der Waals surface area contributed by atoms with Gasteiger partial charge in [0, 0.05) is 43.3 Å². The Kier molecular flexibility index (Phi) is 7.59. The summed E-state index contributed by atoms with van der Waals surface area (Å²) in [7, 11) is 1.30. The van der Waals surface area contributed by atoms with Crippen molar-refractivity contribution in [2.75, 3.05) is 26.8 Å². The largest absolute Gasteiger partial charge is 0.493 e. The van der Waals surface area contributed by atoms with Crippen LogP contribution in [0, 0.1) is 15.9 Å². The summed E-state index contributed by atoms with van der Waals surface area (Å²) in [5.41, 5.74) is 0.600. The van der Waals surface area contributed by atoms with Crippen molar-refractivity contribution in [1.29, 1.82) is 0 Å². The number of hydrogen-bond donors (Lipinski definition) is 0. The summed E-state index contributed by atoms with van der Waals surface area (Å²) < 4.78 is 23.8. The van der Waals surface area contributed by atoms with E-state index in [9.17, 15) is 24.1 Å². The highest BCUT2D eigenvalue weighted by atomic mass is 19.1. The van der Waals surface area contributed by atoms with E-state index in [0.29, 0.717) is 25.9 Å². The highest BCUT2D eigenvalue weighted by molar-refractivity contribution is 5.81. The molecule has 0 aliphatic carbocycles. The Hall–Kier alpha value is -3.53. The molecular formula is C23H26FN3O6. The number of nitro groups is 1. The molecule has 2 aromatic rings. The van der Waals surface area contributed by atoms with E-state index in [0.717, 1.165) is 11.6 Å². The van der Waals surface area contributed by atoms with Crippen molar-refractivity contribution < 1.29 is 28.4 Å². The highest BCUT2D eigenvalue weighted by Crippen LogP contribution is 2.38. The molecule has 1 aliphatic heterocycles. The zero-order valence-electron chi connectivity index (χ0n) is 18.7. The fraction of sp³-hybridized carbons (Fsp3) is 0.391. The molecule has 0 radical (unpaired) electrons. The first-order chi connectivity index (χ1) is 15.7. The number of aldehydes is 1. The van der Waals surface area contributed by atoms with Gasteiger partial charge in [0.15, 0.2) is 12.4 Å². The maximum absolute atomic E-state index is 13.2. The average Bonchev–Trinajstić information content (AvgIpc) is 2.80. The maximum atomic E-state index is 13.2. The summed E-state index contributed by atoms with van der Waals surface area (Å²) >= 11 is 0. The molecule has 9 nitrogen and oxygen atoms in total. The topological polar surface area (TPSA) is 102 Å². The number of methoxy groups -OCH3 is 1. The molecule has 1 fully saturated rings. The van der Waals surface area contributed by atoms with Gasteiger partial charge >= 0.3 is 5.69 Å². The molecule has 1 saturated heterocycles. The van der Waals surface area contributed by atoms with E-state index in [2.05, 4.69) is 4.90 Å². The predicted molar refractivity (Wildman–Crippen MR) is 118 cm³/mol. The summed E-state index contributed by atoms with van der Waals surface area (Å²) in [4.78, 5) is 38.6. The van der Waals surface area contributed by atoms with Crippen LogP contribution in [-0.4, -0.2) is 65.8 Å². The molecule has 10 heteroatoms. The first-order valence-electron chi connectivity index (χ1n) is 10.5. The lowest BCUT2D eigenvalue weighted by Gasteiger charge is -2.44. The van der Waals surface area contributed by atoms with Crippen LogP contribution >= 0.6 is 0 Å². The van der Waals surface area contributed by atoms with Crippen LogP contribution in [0.2, 0.25) is 0 Å². The normalized spacial score (nSPS) is 18.6. The number of halogens is 1. The zero-order valence-corrected chi connectivity index (χ0v) is 18.7.